The van der Waals surface area contributed by atoms with Crippen molar-refractivity contribution in [2.75, 3.05) is 18.0 Å². The Morgan fingerprint density at radius 2 is 1.78 bits per heavy atom. The summed E-state index contributed by atoms with van der Waals surface area (Å²) >= 11 is 0. The van der Waals surface area contributed by atoms with Crippen LogP contribution in [0.5, 0.6) is 0 Å². The highest BCUT2D eigenvalue weighted by Gasteiger charge is 2.45. The Kier molecular flexibility index (Phi) is 4.01. The summed E-state index contributed by atoms with van der Waals surface area (Å²) in [6.07, 6.45) is 1.48. The number of benzene rings is 1. The van der Waals surface area contributed by atoms with Crippen LogP contribution in [-0.2, 0) is 14.4 Å². The molecule has 4 amide bonds. The fourth-order valence-electron chi connectivity index (χ4n) is 3.84. The minimum Gasteiger partial charge on any atom is -0.368 e. The SMILES string of the molecule is O=CC1CCN(c2cc3c(cc2F)C(=O)N(C2CCC(=O)NC2=O)C3=O)C1. The van der Waals surface area contributed by atoms with Gasteiger partial charge >= 0.3 is 0 Å². The Morgan fingerprint density at radius 3 is 2.41 bits per heavy atom. The van der Waals surface area contributed by atoms with Crippen LogP contribution in [0.2, 0.25) is 0 Å². The van der Waals surface area contributed by atoms with Crippen molar-refractivity contribution in [1.82, 2.24) is 10.2 Å². The zero-order valence-corrected chi connectivity index (χ0v) is 14.2. The molecular formula is C18H16FN3O5. The third-order valence-electron chi connectivity index (χ3n) is 5.27. The zero-order chi connectivity index (χ0) is 19.3. The number of halogens is 1. The molecule has 1 aromatic carbocycles. The van der Waals surface area contributed by atoms with Gasteiger partial charge in [0.15, 0.2) is 0 Å². The van der Waals surface area contributed by atoms with Gasteiger partial charge in [-0.3, -0.25) is 29.4 Å². The summed E-state index contributed by atoms with van der Waals surface area (Å²) in [5.41, 5.74) is 0.0807. The normalized spacial score (nSPS) is 25.1. The highest BCUT2D eigenvalue weighted by Crippen LogP contribution is 2.34. The summed E-state index contributed by atoms with van der Waals surface area (Å²) in [7, 11) is 0. The number of aldehydes is 1. The number of hydrogen-bond acceptors (Lipinski definition) is 6. The second-order valence-electron chi connectivity index (χ2n) is 6.93. The van der Waals surface area contributed by atoms with Crippen molar-refractivity contribution in [3.63, 3.8) is 0 Å². The van der Waals surface area contributed by atoms with E-state index >= 15 is 0 Å². The number of nitrogens with one attached hydrogen (secondary N) is 1. The molecule has 8 nitrogen and oxygen atoms in total. The average Bonchev–Trinajstić information content (AvgIpc) is 3.19. The summed E-state index contributed by atoms with van der Waals surface area (Å²) in [6.45, 7) is 0.816. The summed E-state index contributed by atoms with van der Waals surface area (Å²) < 4.78 is 14.6. The number of rotatable bonds is 3. The maximum absolute atomic E-state index is 14.6. The molecule has 4 rings (SSSR count). The Bertz CT molecular complexity index is 899. The van der Waals surface area contributed by atoms with Crippen LogP contribution in [-0.4, -0.2) is 53.9 Å². The molecule has 2 fully saturated rings. The number of hydrogen-bond donors (Lipinski definition) is 1. The van der Waals surface area contributed by atoms with Crippen molar-refractivity contribution in [2.24, 2.45) is 5.92 Å². The molecule has 140 valence electrons. The van der Waals surface area contributed by atoms with Gasteiger partial charge in [-0.05, 0) is 25.0 Å². The summed E-state index contributed by atoms with van der Waals surface area (Å²) in [6, 6.07) is 1.22. The van der Waals surface area contributed by atoms with Crippen LogP contribution in [0, 0.1) is 11.7 Å². The fourth-order valence-corrected chi connectivity index (χ4v) is 3.84. The van der Waals surface area contributed by atoms with Crippen molar-refractivity contribution < 1.29 is 28.4 Å². The topological polar surface area (TPSA) is 104 Å². The molecule has 0 spiro atoms. The minimum atomic E-state index is -1.09. The molecule has 0 bridgehead atoms. The lowest BCUT2D eigenvalue weighted by atomic mass is 10.0. The van der Waals surface area contributed by atoms with E-state index in [1.54, 1.807) is 4.90 Å². The summed E-state index contributed by atoms with van der Waals surface area (Å²) in [5, 5.41) is 2.11. The van der Waals surface area contributed by atoms with Crippen molar-refractivity contribution in [3.8, 4) is 0 Å². The number of carbonyl (C=O) groups is 5. The van der Waals surface area contributed by atoms with Crippen LogP contribution >= 0.6 is 0 Å². The summed E-state index contributed by atoms with van der Waals surface area (Å²) in [4.78, 5) is 62.2. The fraction of sp³-hybridized carbons (Fsp3) is 0.389. The Hall–Kier alpha value is -3.10. The lowest BCUT2D eigenvalue weighted by molar-refractivity contribution is -0.136. The van der Waals surface area contributed by atoms with Gasteiger partial charge in [0.1, 0.15) is 18.1 Å². The molecule has 0 saturated carbocycles. The third-order valence-corrected chi connectivity index (χ3v) is 5.27. The molecule has 2 atom stereocenters. The van der Waals surface area contributed by atoms with E-state index in [2.05, 4.69) is 5.32 Å². The van der Waals surface area contributed by atoms with Gasteiger partial charge in [0.05, 0.1) is 16.8 Å². The van der Waals surface area contributed by atoms with E-state index in [9.17, 15) is 28.4 Å². The molecular weight excluding hydrogens is 357 g/mol. The van der Waals surface area contributed by atoms with E-state index in [4.69, 9.17) is 0 Å². The molecule has 3 heterocycles. The van der Waals surface area contributed by atoms with E-state index in [0.29, 0.717) is 19.5 Å². The predicted molar refractivity (Wildman–Crippen MR) is 89.5 cm³/mol. The average molecular weight is 373 g/mol. The molecule has 0 radical (unpaired) electrons. The minimum absolute atomic E-state index is 0.0181. The van der Waals surface area contributed by atoms with Crippen LogP contribution in [0.3, 0.4) is 0 Å². The predicted octanol–water partition coefficient (Wildman–Crippen LogP) is 0.252. The first-order chi connectivity index (χ1) is 12.9. The number of amides is 4. The first kappa shape index (κ1) is 17.3. The second kappa shape index (κ2) is 6.26. The van der Waals surface area contributed by atoms with Crippen LogP contribution in [0.25, 0.3) is 0 Å². The Balaban J connectivity index is 1.66. The molecule has 0 aliphatic carbocycles. The van der Waals surface area contributed by atoms with Gasteiger partial charge in [-0.1, -0.05) is 0 Å². The van der Waals surface area contributed by atoms with E-state index in [1.165, 1.54) is 6.07 Å². The van der Waals surface area contributed by atoms with Crippen LogP contribution in [0.15, 0.2) is 12.1 Å². The molecule has 9 heteroatoms. The van der Waals surface area contributed by atoms with E-state index in [0.717, 1.165) is 17.3 Å². The quantitative estimate of drug-likeness (QED) is 0.602. The van der Waals surface area contributed by atoms with E-state index < -0.39 is 35.5 Å². The molecule has 2 unspecified atom stereocenters. The first-order valence-electron chi connectivity index (χ1n) is 8.66. The number of piperidine rings is 1. The molecule has 3 aliphatic rings. The standard InChI is InChI=1S/C18H16FN3O5/c19-12-5-10-11(6-14(12)21-4-3-9(7-21)8-23)18(27)22(17(10)26)13-1-2-15(24)20-16(13)25/h5-6,8-9,13H,1-4,7H2,(H,20,24,25). The number of carbonyl (C=O) groups excluding carboxylic acids is 5. The highest BCUT2D eigenvalue weighted by atomic mass is 19.1. The van der Waals surface area contributed by atoms with Crippen LogP contribution in [0.1, 0.15) is 40.0 Å². The van der Waals surface area contributed by atoms with Crippen molar-refractivity contribution in [3.05, 3.63) is 29.1 Å². The monoisotopic (exact) mass is 373 g/mol. The highest BCUT2D eigenvalue weighted by molar-refractivity contribution is 6.23. The molecule has 0 aromatic heterocycles. The molecule has 2 saturated heterocycles. The largest absolute Gasteiger partial charge is 0.368 e. The van der Waals surface area contributed by atoms with Gasteiger partial charge in [0, 0.05) is 25.4 Å². The summed E-state index contributed by atoms with van der Waals surface area (Å²) in [5.74, 6) is -3.46. The molecule has 1 N–H and O–H groups in total. The van der Waals surface area contributed by atoms with Crippen LogP contribution < -0.4 is 10.2 Å². The Labute approximate surface area is 153 Å². The molecule has 1 aromatic rings. The first-order valence-corrected chi connectivity index (χ1v) is 8.66. The lowest BCUT2D eigenvalue weighted by Gasteiger charge is -2.27. The zero-order valence-electron chi connectivity index (χ0n) is 14.2. The molecule has 3 aliphatic heterocycles. The maximum Gasteiger partial charge on any atom is 0.262 e. The third kappa shape index (κ3) is 2.70. The van der Waals surface area contributed by atoms with Gasteiger partial charge in [0.2, 0.25) is 11.8 Å². The molecule has 27 heavy (non-hydrogen) atoms. The van der Waals surface area contributed by atoms with Gasteiger partial charge in [-0.25, -0.2) is 4.39 Å². The van der Waals surface area contributed by atoms with Crippen molar-refractivity contribution >= 4 is 35.6 Å². The number of imide groups is 2. The lowest BCUT2D eigenvalue weighted by Crippen LogP contribution is -2.54. The van der Waals surface area contributed by atoms with Crippen molar-refractivity contribution in [2.45, 2.75) is 25.3 Å². The maximum atomic E-state index is 14.6. The Morgan fingerprint density at radius 1 is 1.07 bits per heavy atom. The van der Waals surface area contributed by atoms with Gasteiger partial charge in [-0.2, -0.15) is 0 Å². The number of nitrogens with zero attached hydrogens (tertiary/aromatic N) is 2. The van der Waals surface area contributed by atoms with Crippen LogP contribution in [0.4, 0.5) is 10.1 Å². The van der Waals surface area contributed by atoms with Crippen molar-refractivity contribution in [1.29, 1.82) is 0 Å². The smallest absolute Gasteiger partial charge is 0.262 e. The second-order valence-corrected chi connectivity index (χ2v) is 6.93. The number of anilines is 1. The van der Waals surface area contributed by atoms with Gasteiger partial charge in [0.25, 0.3) is 11.8 Å². The van der Waals surface area contributed by atoms with Gasteiger partial charge < -0.3 is 9.69 Å². The van der Waals surface area contributed by atoms with E-state index in [-0.39, 0.29) is 35.6 Å². The number of fused-ring (bicyclic) bond motifs is 1. The van der Waals surface area contributed by atoms with Gasteiger partial charge in [-0.15, -0.1) is 0 Å². The van der Waals surface area contributed by atoms with E-state index in [1.807, 2.05) is 0 Å².